The fourth-order valence-corrected chi connectivity index (χ4v) is 5.43. The normalized spacial score (nSPS) is 23.2. The number of aromatic nitrogens is 4. The number of aliphatic hydroxyl groups is 2. The summed E-state index contributed by atoms with van der Waals surface area (Å²) in [6.07, 6.45) is 2.83. The molecule has 0 unspecified atom stereocenters. The summed E-state index contributed by atoms with van der Waals surface area (Å²) < 4.78 is 6.87. The largest absolute Gasteiger partial charge is 0.449 e. The van der Waals surface area contributed by atoms with Crippen LogP contribution in [0.25, 0.3) is 16.4 Å². The van der Waals surface area contributed by atoms with Crippen molar-refractivity contribution < 1.29 is 19.7 Å². The van der Waals surface area contributed by atoms with Gasteiger partial charge in [-0.05, 0) is 67.0 Å². The molecule has 200 valence electrons. The lowest BCUT2D eigenvalue weighted by molar-refractivity contribution is -0.0204. The van der Waals surface area contributed by atoms with Crippen LogP contribution in [0.3, 0.4) is 0 Å². The standard InChI is InChI=1S/C28H34N6O4/c1-3-4-13-38-27(37)33-23-10-7-18-6-5-17(14-20(18)32-23)11-12-28(2)15-19(24(35)25(28)36)21-8-9-22-26(29)30-16-31-34(21)22/h5-10,14,16,19,24-25,35-36H,3-4,11-13,15H2,1-2H3,(H2,29,30,31)(H,32,33,37)/t19-,24-,25-,28-/m0/s1. The fraction of sp³-hybridized carbons (Fsp3) is 0.429. The van der Waals surface area contributed by atoms with E-state index in [0.717, 1.165) is 35.0 Å². The second-order valence-electron chi connectivity index (χ2n) is 10.4. The van der Waals surface area contributed by atoms with Gasteiger partial charge in [0.1, 0.15) is 17.7 Å². The van der Waals surface area contributed by atoms with Crippen LogP contribution < -0.4 is 11.1 Å². The molecule has 38 heavy (non-hydrogen) atoms. The summed E-state index contributed by atoms with van der Waals surface area (Å²) in [6, 6.07) is 13.5. The highest BCUT2D eigenvalue weighted by Crippen LogP contribution is 2.49. The van der Waals surface area contributed by atoms with Crippen LogP contribution in [-0.2, 0) is 11.2 Å². The van der Waals surface area contributed by atoms with Gasteiger partial charge in [-0.1, -0.05) is 32.4 Å². The Kier molecular flexibility index (Phi) is 7.18. The van der Waals surface area contributed by atoms with E-state index >= 15 is 0 Å². The molecule has 0 aliphatic heterocycles. The molecule has 1 aromatic carbocycles. The molecule has 10 nitrogen and oxygen atoms in total. The number of amides is 1. The number of nitrogens with two attached hydrogens (primary N) is 1. The number of carbonyl (C=O) groups excluding carboxylic acids is 1. The molecule has 0 spiro atoms. The Morgan fingerprint density at radius 3 is 2.87 bits per heavy atom. The van der Waals surface area contributed by atoms with Crippen molar-refractivity contribution in [1.82, 2.24) is 19.6 Å². The SMILES string of the molecule is CCCCOC(=O)Nc1ccc2ccc(CC[C@@]3(C)C[C@@H](c4ccc5c(N)ncnn45)[C@H](O)[C@@H]3O)cc2n1. The molecular formula is C28H34N6O4. The Morgan fingerprint density at radius 2 is 2.05 bits per heavy atom. The summed E-state index contributed by atoms with van der Waals surface area (Å²) in [5.41, 5.74) is 8.80. The molecule has 0 bridgehead atoms. The van der Waals surface area contributed by atoms with E-state index in [-0.39, 0.29) is 5.92 Å². The monoisotopic (exact) mass is 518 g/mol. The number of nitrogens with zero attached hydrogens (tertiary/aromatic N) is 4. The number of hydrogen-bond donors (Lipinski definition) is 4. The average molecular weight is 519 g/mol. The van der Waals surface area contributed by atoms with Crippen LogP contribution in [0, 0.1) is 5.41 Å². The minimum absolute atomic E-state index is 0.282. The summed E-state index contributed by atoms with van der Waals surface area (Å²) in [4.78, 5) is 20.6. The molecule has 1 aliphatic carbocycles. The predicted molar refractivity (Wildman–Crippen MR) is 145 cm³/mol. The minimum Gasteiger partial charge on any atom is -0.449 e. The third-order valence-corrected chi connectivity index (χ3v) is 7.73. The van der Waals surface area contributed by atoms with E-state index in [1.54, 1.807) is 10.6 Å². The van der Waals surface area contributed by atoms with Crippen molar-refractivity contribution in [2.45, 2.75) is 64.1 Å². The molecule has 1 amide bonds. The maximum absolute atomic E-state index is 12.0. The Morgan fingerprint density at radius 1 is 1.24 bits per heavy atom. The quantitative estimate of drug-likeness (QED) is 0.255. The first-order valence-corrected chi connectivity index (χ1v) is 13.1. The molecule has 4 atom stereocenters. The molecule has 0 radical (unpaired) electrons. The number of nitrogens with one attached hydrogen (secondary N) is 1. The second-order valence-corrected chi connectivity index (χ2v) is 10.4. The van der Waals surface area contributed by atoms with Crippen LogP contribution >= 0.6 is 0 Å². The number of rotatable bonds is 8. The van der Waals surface area contributed by atoms with Crippen molar-refractivity contribution in [3.05, 3.63) is 60.0 Å². The topological polar surface area (TPSA) is 148 Å². The van der Waals surface area contributed by atoms with Crippen molar-refractivity contribution >= 4 is 34.1 Å². The molecule has 3 aromatic heterocycles. The van der Waals surface area contributed by atoms with E-state index in [1.807, 2.05) is 44.2 Å². The van der Waals surface area contributed by atoms with Gasteiger partial charge >= 0.3 is 6.09 Å². The van der Waals surface area contributed by atoms with Crippen LogP contribution in [0.15, 0.2) is 48.8 Å². The number of benzene rings is 1. The van der Waals surface area contributed by atoms with Gasteiger partial charge in [0, 0.05) is 17.0 Å². The number of unbranched alkanes of at least 4 members (excludes halogenated alkanes) is 1. The van der Waals surface area contributed by atoms with E-state index < -0.39 is 23.7 Å². The first-order valence-electron chi connectivity index (χ1n) is 13.1. The summed E-state index contributed by atoms with van der Waals surface area (Å²) in [5.74, 6) is 0.527. The summed E-state index contributed by atoms with van der Waals surface area (Å²) in [5, 5.41) is 30.0. The van der Waals surface area contributed by atoms with Gasteiger partial charge in [0.2, 0.25) is 0 Å². The maximum Gasteiger partial charge on any atom is 0.412 e. The second kappa shape index (κ2) is 10.5. The Hall–Kier alpha value is -3.76. The molecule has 1 fully saturated rings. The van der Waals surface area contributed by atoms with E-state index in [1.165, 1.54) is 6.33 Å². The predicted octanol–water partition coefficient (Wildman–Crippen LogP) is 4.06. The number of anilines is 2. The maximum atomic E-state index is 12.0. The Labute approximate surface area is 220 Å². The Balaban J connectivity index is 1.29. The lowest BCUT2D eigenvalue weighted by Gasteiger charge is -2.28. The number of nitrogen functional groups attached to an aromatic ring is 1. The zero-order chi connectivity index (χ0) is 26.9. The first-order chi connectivity index (χ1) is 18.3. The van der Waals surface area contributed by atoms with E-state index in [4.69, 9.17) is 10.5 Å². The van der Waals surface area contributed by atoms with Crippen molar-refractivity contribution in [2.24, 2.45) is 5.41 Å². The number of carbonyl (C=O) groups is 1. The highest BCUT2D eigenvalue weighted by Gasteiger charge is 2.50. The van der Waals surface area contributed by atoms with Gasteiger partial charge in [-0.2, -0.15) is 5.10 Å². The van der Waals surface area contributed by atoms with Gasteiger partial charge in [-0.15, -0.1) is 0 Å². The molecule has 10 heteroatoms. The molecule has 3 heterocycles. The van der Waals surface area contributed by atoms with Gasteiger partial charge in [-0.25, -0.2) is 19.3 Å². The molecule has 5 rings (SSSR count). The zero-order valence-electron chi connectivity index (χ0n) is 21.7. The average Bonchev–Trinajstić information content (AvgIpc) is 3.43. The van der Waals surface area contributed by atoms with E-state index in [0.29, 0.717) is 43.0 Å². The number of ether oxygens (including phenoxy) is 1. The van der Waals surface area contributed by atoms with Crippen molar-refractivity contribution in [2.75, 3.05) is 17.7 Å². The Bertz CT molecular complexity index is 1460. The minimum atomic E-state index is -0.918. The van der Waals surface area contributed by atoms with Crippen LogP contribution in [0.4, 0.5) is 16.4 Å². The van der Waals surface area contributed by atoms with Crippen LogP contribution in [0.5, 0.6) is 0 Å². The third-order valence-electron chi connectivity index (χ3n) is 7.73. The van der Waals surface area contributed by atoms with E-state index in [9.17, 15) is 15.0 Å². The molecule has 5 N–H and O–H groups in total. The smallest absolute Gasteiger partial charge is 0.412 e. The molecule has 1 saturated carbocycles. The van der Waals surface area contributed by atoms with Gasteiger partial charge in [0.25, 0.3) is 0 Å². The lowest BCUT2D eigenvalue weighted by atomic mass is 9.80. The highest BCUT2D eigenvalue weighted by molar-refractivity contribution is 5.87. The first kappa shape index (κ1) is 25.9. The fourth-order valence-electron chi connectivity index (χ4n) is 5.43. The summed E-state index contributed by atoms with van der Waals surface area (Å²) in [7, 11) is 0. The number of pyridine rings is 1. The van der Waals surface area contributed by atoms with Crippen molar-refractivity contribution in [3.63, 3.8) is 0 Å². The molecule has 4 aromatic rings. The molecular weight excluding hydrogens is 484 g/mol. The van der Waals surface area contributed by atoms with E-state index in [2.05, 4.69) is 26.4 Å². The van der Waals surface area contributed by atoms with Crippen molar-refractivity contribution in [3.8, 4) is 0 Å². The van der Waals surface area contributed by atoms with Crippen molar-refractivity contribution in [1.29, 1.82) is 0 Å². The van der Waals surface area contributed by atoms with Crippen LogP contribution in [0.2, 0.25) is 0 Å². The summed E-state index contributed by atoms with van der Waals surface area (Å²) in [6.45, 7) is 4.43. The third kappa shape index (κ3) is 5.01. The highest BCUT2D eigenvalue weighted by atomic mass is 16.5. The number of aliphatic hydroxyl groups excluding tert-OH is 2. The molecule has 1 aliphatic rings. The number of fused-ring (bicyclic) bond motifs is 2. The number of hydrogen-bond acceptors (Lipinski definition) is 8. The van der Waals surface area contributed by atoms with Crippen LogP contribution in [-0.4, -0.2) is 54.7 Å². The zero-order valence-corrected chi connectivity index (χ0v) is 21.7. The van der Waals surface area contributed by atoms with Gasteiger partial charge in [0.15, 0.2) is 5.82 Å². The van der Waals surface area contributed by atoms with Gasteiger partial charge in [0.05, 0.1) is 24.3 Å². The molecule has 0 saturated heterocycles. The summed E-state index contributed by atoms with van der Waals surface area (Å²) >= 11 is 0. The van der Waals surface area contributed by atoms with Crippen LogP contribution in [0.1, 0.15) is 56.7 Å². The van der Waals surface area contributed by atoms with Gasteiger partial charge in [-0.3, -0.25) is 5.32 Å². The lowest BCUT2D eigenvalue weighted by Crippen LogP contribution is -2.34. The van der Waals surface area contributed by atoms with Gasteiger partial charge < -0.3 is 20.7 Å². The number of aryl methyl sites for hydroxylation is 1.